The molecular formula is C25H28N6O9. The molecule has 2 amide bonds. The number of carbonyl (C=O) groups excluding carboxylic acids is 2. The monoisotopic (exact) mass is 556 g/mol. The lowest BCUT2D eigenvalue weighted by Gasteiger charge is -2.21. The summed E-state index contributed by atoms with van der Waals surface area (Å²) in [5.41, 5.74) is 13.6. The van der Waals surface area contributed by atoms with E-state index in [1.54, 1.807) is 12.1 Å². The number of aliphatic carboxylic acids is 3. The van der Waals surface area contributed by atoms with Crippen molar-refractivity contribution >= 4 is 52.6 Å². The third-order valence-corrected chi connectivity index (χ3v) is 5.98. The predicted molar refractivity (Wildman–Crippen MR) is 139 cm³/mol. The quantitative estimate of drug-likeness (QED) is 0.143. The molecule has 2 atom stereocenters. The lowest BCUT2D eigenvalue weighted by atomic mass is 10.0. The van der Waals surface area contributed by atoms with Crippen molar-refractivity contribution < 1.29 is 43.7 Å². The minimum atomic E-state index is -1.53. The van der Waals surface area contributed by atoms with Crippen LogP contribution in [-0.4, -0.2) is 67.1 Å². The minimum Gasteiger partial charge on any atom is -0.481 e. The Morgan fingerprint density at radius 3 is 2.08 bits per heavy atom. The highest BCUT2D eigenvalue weighted by atomic mass is 16.4. The van der Waals surface area contributed by atoms with Gasteiger partial charge in [0.15, 0.2) is 0 Å². The number of nitrogens with zero attached hydrogens (tertiary/aromatic N) is 2. The molecule has 3 rings (SSSR count). The molecule has 0 spiro atoms. The number of nitrogen functional groups attached to an aromatic ring is 2. The van der Waals surface area contributed by atoms with E-state index >= 15 is 0 Å². The van der Waals surface area contributed by atoms with Crippen LogP contribution >= 0.6 is 0 Å². The number of nitrogens with one attached hydrogen (secondary N) is 2. The van der Waals surface area contributed by atoms with Gasteiger partial charge >= 0.3 is 17.9 Å². The van der Waals surface area contributed by atoms with Gasteiger partial charge in [-0.15, -0.1) is 0 Å². The maximum absolute atomic E-state index is 12.8. The molecule has 212 valence electrons. The van der Waals surface area contributed by atoms with Gasteiger partial charge in [0.1, 0.15) is 17.9 Å². The van der Waals surface area contributed by atoms with Gasteiger partial charge in [-0.25, -0.2) is 4.79 Å². The maximum Gasteiger partial charge on any atom is 0.326 e. The molecule has 0 saturated carbocycles. The van der Waals surface area contributed by atoms with Gasteiger partial charge in [-0.2, -0.15) is 9.97 Å². The lowest BCUT2D eigenvalue weighted by molar-refractivity contribution is -0.143. The summed E-state index contributed by atoms with van der Waals surface area (Å²) in [7, 11) is 0. The first-order chi connectivity index (χ1) is 18.9. The number of hydrogen-bond donors (Lipinski definition) is 7. The minimum absolute atomic E-state index is 0.00216. The number of benzene rings is 1. The summed E-state index contributed by atoms with van der Waals surface area (Å²) in [6.07, 6.45) is 0.914. The van der Waals surface area contributed by atoms with Crippen LogP contribution in [0.15, 0.2) is 34.9 Å². The maximum atomic E-state index is 12.8. The van der Waals surface area contributed by atoms with Crippen LogP contribution in [0.2, 0.25) is 0 Å². The van der Waals surface area contributed by atoms with E-state index in [0.717, 1.165) is 11.1 Å². The zero-order valence-corrected chi connectivity index (χ0v) is 21.1. The second-order valence-electron chi connectivity index (χ2n) is 8.90. The fourth-order valence-electron chi connectivity index (χ4n) is 3.91. The molecule has 3 aromatic rings. The largest absolute Gasteiger partial charge is 0.481 e. The molecule has 0 aliphatic rings. The molecule has 15 heteroatoms. The van der Waals surface area contributed by atoms with E-state index in [1.807, 2.05) is 0 Å². The van der Waals surface area contributed by atoms with Crippen molar-refractivity contribution in [1.29, 1.82) is 0 Å². The highest BCUT2D eigenvalue weighted by molar-refractivity contribution is 5.98. The Kier molecular flexibility index (Phi) is 9.56. The Balaban J connectivity index is 1.65. The Bertz CT molecular complexity index is 1420. The van der Waals surface area contributed by atoms with Crippen molar-refractivity contribution in [2.24, 2.45) is 0 Å². The first-order valence-corrected chi connectivity index (χ1v) is 12.1. The number of carboxylic acid groups (broad SMARTS) is 3. The molecule has 1 aromatic carbocycles. The molecule has 1 unspecified atom stereocenters. The fraction of sp³-hybridized carbons (Fsp3) is 0.320. The summed E-state index contributed by atoms with van der Waals surface area (Å²) >= 11 is 0. The first-order valence-electron chi connectivity index (χ1n) is 12.1. The topological polar surface area (TPSA) is 261 Å². The number of amides is 2. The molecular weight excluding hydrogens is 528 g/mol. The predicted octanol–water partition coefficient (Wildman–Crippen LogP) is 0.570. The van der Waals surface area contributed by atoms with Crippen molar-refractivity contribution in [1.82, 2.24) is 20.6 Å². The number of furan rings is 1. The van der Waals surface area contributed by atoms with Gasteiger partial charge in [-0.3, -0.25) is 19.2 Å². The molecule has 0 radical (unpaired) electrons. The van der Waals surface area contributed by atoms with Crippen LogP contribution in [0.3, 0.4) is 0 Å². The summed E-state index contributed by atoms with van der Waals surface area (Å²) < 4.78 is 5.41. The van der Waals surface area contributed by atoms with Gasteiger partial charge in [0.2, 0.25) is 17.6 Å². The number of fused-ring (bicyclic) bond motifs is 1. The van der Waals surface area contributed by atoms with E-state index in [9.17, 15) is 29.1 Å². The third-order valence-electron chi connectivity index (χ3n) is 5.98. The molecule has 40 heavy (non-hydrogen) atoms. The first kappa shape index (κ1) is 29.3. The molecule has 2 heterocycles. The van der Waals surface area contributed by atoms with Crippen molar-refractivity contribution in [3.63, 3.8) is 0 Å². The van der Waals surface area contributed by atoms with Crippen molar-refractivity contribution in [3.05, 3.63) is 47.2 Å². The van der Waals surface area contributed by atoms with Crippen LogP contribution < -0.4 is 22.1 Å². The second kappa shape index (κ2) is 13.0. The van der Waals surface area contributed by atoms with Crippen molar-refractivity contribution in [2.45, 2.75) is 50.6 Å². The number of aryl methyl sites for hydroxylation is 2. The Labute approximate surface area is 226 Å². The van der Waals surface area contributed by atoms with Gasteiger partial charge < -0.3 is 41.8 Å². The number of anilines is 2. The van der Waals surface area contributed by atoms with Gasteiger partial charge in [-0.05, 0) is 43.4 Å². The molecule has 0 bridgehead atoms. The number of hydrogen-bond acceptors (Lipinski definition) is 10. The van der Waals surface area contributed by atoms with Crippen LogP contribution in [0.5, 0.6) is 0 Å². The van der Waals surface area contributed by atoms with Gasteiger partial charge in [0.25, 0.3) is 5.91 Å². The SMILES string of the molecule is Nc1nc(N)c2c(CCc3ccc(C(=O)NC(CCC(=O)O)C(=O)N[C@@H](CCC(=O)O)C(=O)O)cc3)coc2n1. The van der Waals surface area contributed by atoms with E-state index in [1.165, 1.54) is 18.4 Å². The molecule has 9 N–H and O–H groups in total. The van der Waals surface area contributed by atoms with Gasteiger partial charge in [0, 0.05) is 24.0 Å². The van der Waals surface area contributed by atoms with Gasteiger partial charge in [-0.1, -0.05) is 12.1 Å². The zero-order chi connectivity index (χ0) is 29.4. The van der Waals surface area contributed by atoms with Crippen LogP contribution in [-0.2, 0) is 32.0 Å². The van der Waals surface area contributed by atoms with E-state index < -0.39 is 54.6 Å². The lowest BCUT2D eigenvalue weighted by Crippen LogP contribution is -2.51. The average molecular weight is 557 g/mol. The molecule has 0 aliphatic carbocycles. The van der Waals surface area contributed by atoms with Crippen molar-refractivity contribution in [3.8, 4) is 0 Å². The van der Waals surface area contributed by atoms with E-state index in [0.29, 0.717) is 18.2 Å². The average Bonchev–Trinajstić information content (AvgIpc) is 3.30. The highest BCUT2D eigenvalue weighted by Gasteiger charge is 2.27. The molecule has 0 fully saturated rings. The van der Waals surface area contributed by atoms with E-state index in [2.05, 4.69) is 20.6 Å². The Morgan fingerprint density at radius 1 is 0.850 bits per heavy atom. The number of rotatable bonds is 14. The van der Waals surface area contributed by atoms with Crippen LogP contribution in [0.25, 0.3) is 11.1 Å². The van der Waals surface area contributed by atoms with Crippen LogP contribution in [0, 0.1) is 0 Å². The van der Waals surface area contributed by atoms with Crippen molar-refractivity contribution in [2.75, 3.05) is 11.5 Å². The van der Waals surface area contributed by atoms with Gasteiger partial charge in [0.05, 0.1) is 11.6 Å². The fourth-order valence-corrected chi connectivity index (χ4v) is 3.91. The smallest absolute Gasteiger partial charge is 0.326 e. The summed E-state index contributed by atoms with van der Waals surface area (Å²) in [5.74, 6) is -5.35. The summed E-state index contributed by atoms with van der Waals surface area (Å²) in [6.45, 7) is 0. The third kappa shape index (κ3) is 7.89. The molecule has 2 aromatic heterocycles. The normalized spacial score (nSPS) is 12.4. The molecule has 0 saturated heterocycles. The second-order valence-corrected chi connectivity index (χ2v) is 8.90. The summed E-state index contributed by atoms with van der Waals surface area (Å²) in [5, 5.41) is 32.3. The zero-order valence-electron chi connectivity index (χ0n) is 21.1. The Hall–Kier alpha value is -5.21. The van der Waals surface area contributed by atoms with Crippen LogP contribution in [0.1, 0.15) is 47.2 Å². The summed E-state index contributed by atoms with van der Waals surface area (Å²) in [6, 6.07) is 3.55. The summed E-state index contributed by atoms with van der Waals surface area (Å²) in [4.78, 5) is 66.7. The van der Waals surface area contributed by atoms with E-state index in [-0.39, 0.29) is 35.9 Å². The molecule has 0 aliphatic heterocycles. The number of carbonyl (C=O) groups is 5. The standard InChI is InChI=1S/C25H28N6O9/c26-20-19-14(11-40-23(19)31-25(27)30-20)6-3-12-1-4-13(5-2-12)21(36)28-15(7-9-17(32)33)22(37)29-16(24(38)39)8-10-18(34)35/h1-2,4-5,11,15-16H,3,6-10H2,(H,28,36)(H,29,37)(H,32,33)(H,34,35)(H,38,39)(H4,26,27,30,31)/t15?,16-/m0/s1. The Morgan fingerprint density at radius 2 is 1.48 bits per heavy atom. The number of aromatic nitrogens is 2. The van der Waals surface area contributed by atoms with Crippen LogP contribution in [0.4, 0.5) is 11.8 Å². The number of carboxylic acids is 3. The highest BCUT2D eigenvalue weighted by Crippen LogP contribution is 2.26. The van der Waals surface area contributed by atoms with E-state index in [4.69, 9.17) is 26.1 Å². The number of nitrogens with two attached hydrogens (primary N) is 2. The molecule has 15 nitrogen and oxygen atoms in total.